The highest BCUT2D eigenvalue weighted by molar-refractivity contribution is 5.64. The Morgan fingerprint density at radius 2 is 1.59 bits per heavy atom. The van der Waals surface area contributed by atoms with E-state index < -0.39 is 17.9 Å². The van der Waals surface area contributed by atoms with E-state index in [4.69, 9.17) is 0 Å². The Morgan fingerprint density at radius 1 is 0.931 bits per heavy atom. The molecule has 2 aromatic carbocycles. The van der Waals surface area contributed by atoms with Gasteiger partial charge in [0.15, 0.2) is 11.6 Å². The number of alkyl halides is 4. The minimum atomic E-state index is -4.92. The van der Waals surface area contributed by atoms with Crippen molar-refractivity contribution in [3.8, 4) is 16.9 Å². The summed E-state index contributed by atoms with van der Waals surface area (Å²) in [4.78, 5) is 0. The summed E-state index contributed by atoms with van der Waals surface area (Å²) in [5.41, 5.74) is 2.43. The second kappa shape index (κ2) is 9.42. The second-order valence-corrected chi connectivity index (χ2v) is 7.33. The first-order valence-electron chi connectivity index (χ1n) is 9.74. The highest BCUT2D eigenvalue weighted by Gasteiger charge is 2.32. The van der Waals surface area contributed by atoms with Crippen LogP contribution in [0.2, 0.25) is 0 Å². The molecule has 6 heteroatoms. The highest BCUT2D eigenvalue weighted by Crippen LogP contribution is 2.37. The summed E-state index contributed by atoms with van der Waals surface area (Å²) in [6.45, 7) is -0.319. The zero-order valence-corrected chi connectivity index (χ0v) is 15.9. The van der Waals surface area contributed by atoms with Gasteiger partial charge in [0.25, 0.3) is 0 Å². The van der Waals surface area contributed by atoms with E-state index in [1.165, 1.54) is 11.6 Å². The molecular weight excluding hydrogens is 387 g/mol. The molecule has 1 fully saturated rings. The van der Waals surface area contributed by atoms with Gasteiger partial charge in [0.1, 0.15) is 0 Å². The third-order valence-electron chi connectivity index (χ3n) is 5.33. The first-order valence-corrected chi connectivity index (χ1v) is 9.74. The minimum absolute atomic E-state index is 0.319. The van der Waals surface area contributed by atoms with Gasteiger partial charge < -0.3 is 4.74 Å². The molecule has 0 N–H and O–H groups in total. The second-order valence-electron chi connectivity index (χ2n) is 7.33. The molecule has 0 aliphatic heterocycles. The highest BCUT2D eigenvalue weighted by atomic mass is 19.4. The number of ether oxygens (including phenoxy) is 1. The lowest BCUT2D eigenvalue weighted by Gasteiger charge is -2.27. The van der Waals surface area contributed by atoms with Gasteiger partial charge in [0, 0.05) is 0 Å². The molecule has 1 nitrogen and oxygen atoms in total. The monoisotopic (exact) mass is 410 g/mol. The number of allylic oxidation sites excluding steroid dienone is 2. The number of rotatable bonds is 6. The zero-order valence-electron chi connectivity index (χ0n) is 15.9. The van der Waals surface area contributed by atoms with Gasteiger partial charge in [0.05, 0.1) is 6.67 Å². The van der Waals surface area contributed by atoms with E-state index in [1.807, 2.05) is 30.3 Å². The van der Waals surface area contributed by atoms with E-state index in [0.29, 0.717) is 23.8 Å². The molecular formula is C23H23F5O. The van der Waals surface area contributed by atoms with Crippen molar-refractivity contribution in [2.24, 2.45) is 5.92 Å². The Balaban J connectivity index is 1.63. The average molecular weight is 410 g/mol. The van der Waals surface area contributed by atoms with Crippen molar-refractivity contribution < 1.29 is 26.7 Å². The molecule has 0 amide bonds. The van der Waals surface area contributed by atoms with Crippen LogP contribution in [0.3, 0.4) is 0 Å². The van der Waals surface area contributed by atoms with Crippen molar-refractivity contribution in [1.29, 1.82) is 0 Å². The molecule has 1 saturated carbocycles. The standard InChI is InChI=1S/C23H23F5O/c24-14-2-1-3-16-4-6-17(7-5-16)18-8-10-19(11-9-18)20-12-13-22(21(25)15-20)29-23(26,27)28/h1,3,8-13,15-17H,2,4-7,14H2/t16-,17-. The molecule has 0 radical (unpaired) electrons. The fourth-order valence-electron chi connectivity index (χ4n) is 3.83. The number of halogens is 5. The van der Waals surface area contributed by atoms with Gasteiger partial charge in [-0.15, -0.1) is 13.2 Å². The first kappa shape index (κ1) is 21.3. The van der Waals surface area contributed by atoms with Crippen LogP contribution >= 0.6 is 0 Å². The van der Waals surface area contributed by atoms with E-state index in [0.717, 1.165) is 43.4 Å². The Morgan fingerprint density at radius 3 is 2.17 bits per heavy atom. The van der Waals surface area contributed by atoms with Gasteiger partial charge in [-0.3, -0.25) is 4.39 Å². The molecule has 0 aromatic heterocycles. The van der Waals surface area contributed by atoms with E-state index in [9.17, 15) is 22.0 Å². The summed E-state index contributed by atoms with van der Waals surface area (Å²) in [5.74, 6) is -0.926. The summed E-state index contributed by atoms with van der Waals surface area (Å²) in [6, 6.07) is 11.2. The predicted octanol–water partition coefficient (Wildman–Crippen LogP) is 7.58. The molecule has 0 unspecified atom stereocenters. The topological polar surface area (TPSA) is 9.23 Å². The lowest BCUT2D eigenvalue weighted by Crippen LogP contribution is -2.17. The third kappa shape index (κ3) is 6.05. The van der Waals surface area contributed by atoms with Crippen LogP contribution in [0.15, 0.2) is 54.6 Å². The average Bonchev–Trinajstić information content (AvgIpc) is 2.69. The largest absolute Gasteiger partial charge is 0.573 e. The van der Waals surface area contributed by atoms with Crippen LogP contribution in [-0.4, -0.2) is 13.0 Å². The molecule has 156 valence electrons. The summed E-state index contributed by atoms with van der Waals surface area (Å²) >= 11 is 0. The molecule has 1 aliphatic rings. The van der Waals surface area contributed by atoms with Crippen LogP contribution < -0.4 is 4.74 Å². The molecule has 0 heterocycles. The van der Waals surface area contributed by atoms with Crippen LogP contribution in [0.4, 0.5) is 22.0 Å². The lowest BCUT2D eigenvalue weighted by molar-refractivity contribution is -0.275. The fourth-order valence-corrected chi connectivity index (χ4v) is 3.83. The normalized spacial score (nSPS) is 20.2. The Bertz CT molecular complexity index is 818. The molecule has 0 bridgehead atoms. The molecule has 0 saturated heterocycles. The molecule has 2 aromatic rings. The van der Waals surface area contributed by atoms with Gasteiger partial charge in [-0.05, 0) is 72.8 Å². The van der Waals surface area contributed by atoms with E-state index >= 15 is 0 Å². The van der Waals surface area contributed by atoms with Crippen molar-refractivity contribution >= 4 is 0 Å². The van der Waals surface area contributed by atoms with Gasteiger partial charge in [-0.25, -0.2) is 4.39 Å². The van der Waals surface area contributed by atoms with Gasteiger partial charge >= 0.3 is 6.36 Å². The van der Waals surface area contributed by atoms with Crippen LogP contribution in [0, 0.1) is 11.7 Å². The Labute approximate surface area is 167 Å². The summed E-state index contributed by atoms with van der Waals surface area (Å²) in [5, 5.41) is 0. The smallest absolute Gasteiger partial charge is 0.403 e. The van der Waals surface area contributed by atoms with Crippen LogP contribution in [0.25, 0.3) is 11.1 Å². The number of hydrogen-bond donors (Lipinski definition) is 0. The van der Waals surface area contributed by atoms with Crippen molar-refractivity contribution in [2.45, 2.75) is 44.4 Å². The fraction of sp³-hybridized carbons (Fsp3) is 0.391. The SMILES string of the molecule is FCCC=C[C@H]1CC[C@H](c2ccc(-c3ccc(OC(F)(F)F)c(F)c3)cc2)CC1. The van der Waals surface area contributed by atoms with Crippen LogP contribution in [0.1, 0.15) is 43.6 Å². The lowest BCUT2D eigenvalue weighted by atomic mass is 9.78. The maximum Gasteiger partial charge on any atom is 0.573 e. The molecule has 0 atom stereocenters. The number of benzene rings is 2. The number of hydrogen-bond acceptors (Lipinski definition) is 1. The maximum atomic E-state index is 13.9. The van der Waals surface area contributed by atoms with Crippen molar-refractivity contribution in [3.63, 3.8) is 0 Å². The van der Waals surface area contributed by atoms with Gasteiger partial charge in [0.2, 0.25) is 0 Å². The predicted molar refractivity (Wildman–Crippen MR) is 103 cm³/mol. The van der Waals surface area contributed by atoms with Crippen molar-refractivity contribution in [2.75, 3.05) is 6.67 Å². The van der Waals surface area contributed by atoms with Gasteiger partial charge in [-0.2, -0.15) is 0 Å². The third-order valence-corrected chi connectivity index (χ3v) is 5.33. The Hall–Kier alpha value is -2.37. The van der Waals surface area contributed by atoms with Crippen LogP contribution in [-0.2, 0) is 0 Å². The first-order chi connectivity index (χ1) is 13.9. The van der Waals surface area contributed by atoms with E-state index in [-0.39, 0.29) is 6.67 Å². The van der Waals surface area contributed by atoms with E-state index in [1.54, 1.807) is 0 Å². The van der Waals surface area contributed by atoms with E-state index in [2.05, 4.69) is 10.8 Å². The molecule has 29 heavy (non-hydrogen) atoms. The van der Waals surface area contributed by atoms with Crippen molar-refractivity contribution in [3.05, 3.63) is 66.0 Å². The zero-order chi connectivity index (χ0) is 20.9. The summed E-state index contributed by atoms with van der Waals surface area (Å²) in [7, 11) is 0. The summed E-state index contributed by atoms with van der Waals surface area (Å²) < 4.78 is 66.5. The molecule has 0 spiro atoms. The molecule has 3 rings (SSSR count). The minimum Gasteiger partial charge on any atom is -0.403 e. The molecule has 1 aliphatic carbocycles. The quantitative estimate of drug-likeness (QED) is 0.352. The maximum absolute atomic E-state index is 13.9. The van der Waals surface area contributed by atoms with Crippen LogP contribution in [0.5, 0.6) is 5.75 Å². The van der Waals surface area contributed by atoms with Gasteiger partial charge in [-0.1, -0.05) is 42.5 Å². The Kier molecular flexibility index (Phi) is 6.93. The summed E-state index contributed by atoms with van der Waals surface area (Å²) in [6.07, 6.45) is 3.85. The van der Waals surface area contributed by atoms with Crippen molar-refractivity contribution in [1.82, 2.24) is 0 Å².